The fourth-order valence-corrected chi connectivity index (χ4v) is 3.22. The van der Waals surface area contributed by atoms with Gasteiger partial charge in [0.2, 0.25) is 5.91 Å². The minimum Gasteiger partial charge on any atom is -0.381 e. The summed E-state index contributed by atoms with van der Waals surface area (Å²) in [6, 6.07) is 4.14. The second kappa shape index (κ2) is 11.7. The van der Waals surface area contributed by atoms with E-state index < -0.39 is 0 Å². The highest BCUT2D eigenvalue weighted by Crippen LogP contribution is 2.17. The molecule has 25 heavy (non-hydrogen) atoms. The van der Waals surface area contributed by atoms with Gasteiger partial charge >= 0.3 is 0 Å². The molecule has 1 fully saturated rings. The molecule has 1 aromatic rings. The molecule has 2 heterocycles. The van der Waals surface area contributed by atoms with Crippen molar-refractivity contribution in [2.24, 2.45) is 10.9 Å². The van der Waals surface area contributed by atoms with E-state index >= 15 is 0 Å². The summed E-state index contributed by atoms with van der Waals surface area (Å²) in [5.74, 6) is 1.36. The number of likely N-dealkylation sites (N-methyl/N-ethyl adjacent to an activating group) is 1. The van der Waals surface area contributed by atoms with Crippen molar-refractivity contribution in [3.8, 4) is 0 Å². The van der Waals surface area contributed by atoms with E-state index in [0.717, 1.165) is 45.2 Å². The number of carbonyl (C=O) groups is 1. The Labute approximate surface area is 171 Å². The minimum absolute atomic E-state index is 0. The Morgan fingerprint density at radius 1 is 1.52 bits per heavy atom. The molecular weight excluding hydrogens is 451 g/mol. The maximum atomic E-state index is 11.9. The third-order valence-corrected chi connectivity index (χ3v) is 4.88. The van der Waals surface area contributed by atoms with Crippen LogP contribution in [0.3, 0.4) is 0 Å². The van der Waals surface area contributed by atoms with Crippen LogP contribution < -0.4 is 5.32 Å². The Balaban J connectivity index is 0.00000312. The second-order valence-corrected chi connectivity index (χ2v) is 7.15. The number of aliphatic imine (C=N–C) groups is 1. The van der Waals surface area contributed by atoms with Gasteiger partial charge in [-0.15, -0.1) is 35.3 Å². The van der Waals surface area contributed by atoms with E-state index in [1.807, 2.05) is 13.0 Å². The van der Waals surface area contributed by atoms with Gasteiger partial charge in [0.1, 0.15) is 6.54 Å². The number of guanidine groups is 1. The van der Waals surface area contributed by atoms with Crippen LogP contribution in [0.1, 0.15) is 18.2 Å². The normalized spacial score (nSPS) is 17.3. The summed E-state index contributed by atoms with van der Waals surface area (Å²) in [5, 5.41) is 5.48. The van der Waals surface area contributed by atoms with Crippen molar-refractivity contribution in [3.05, 3.63) is 22.4 Å². The lowest BCUT2D eigenvalue weighted by atomic mass is 10.1. The van der Waals surface area contributed by atoms with Crippen molar-refractivity contribution < 1.29 is 9.53 Å². The van der Waals surface area contributed by atoms with Crippen LogP contribution in [0, 0.1) is 5.92 Å². The maximum Gasteiger partial charge on any atom is 0.243 e. The zero-order valence-corrected chi connectivity index (χ0v) is 18.4. The van der Waals surface area contributed by atoms with Crippen LogP contribution in [0.4, 0.5) is 0 Å². The molecule has 2 rings (SSSR count). The molecule has 1 amide bonds. The van der Waals surface area contributed by atoms with Crippen LogP contribution in [-0.4, -0.2) is 68.6 Å². The molecule has 0 saturated carbocycles. The van der Waals surface area contributed by atoms with Crippen molar-refractivity contribution in [2.75, 3.05) is 46.9 Å². The summed E-state index contributed by atoms with van der Waals surface area (Å²) in [6.45, 7) is 6.35. The molecular formula is C17H29IN4O2S. The quantitative estimate of drug-likeness (QED) is 0.370. The Morgan fingerprint density at radius 3 is 2.96 bits per heavy atom. The summed E-state index contributed by atoms with van der Waals surface area (Å²) >= 11 is 1.72. The molecule has 0 radical (unpaired) electrons. The molecule has 6 nitrogen and oxygen atoms in total. The van der Waals surface area contributed by atoms with Crippen molar-refractivity contribution in [3.63, 3.8) is 0 Å². The van der Waals surface area contributed by atoms with Gasteiger partial charge in [0.05, 0.1) is 13.2 Å². The SMILES string of the molecule is CCOCC1CCN(C(=NCC(=O)N(C)C)NCc2cccs2)C1.I. The lowest BCUT2D eigenvalue weighted by Gasteiger charge is -2.22. The van der Waals surface area contributed by atoms with Gasteiger partial charge in [-0.1, -0.05) is 6.07 Å². The van der Waals surface area contributed by atoms with Crippen LogP contribution >= 0.6 is 35.3 Å². The van der Waals surface area contributed by atoms with Gasteiger partial charge in [0, 0.05) is 44.6 Å². The van der Waals surface area contributed by atoms with Gasteiger partial charge in [-0.3, -0.25) is 4.79 Å². The number of hydrogen-bond donors (Lipinski definition) is 1. The van der Waals surface area contributed by atoms with Gasteiger partial charge in [0.25, 0.3) is 0 Å². The molecule has 8 heteroatoms. The number of amides is 1. The molecule has 0 aromatic carbocycles. The van der Waals surface area contributed by atoms with Crippen LogP contribution in [0.2, 0.25) is 0 Å². The Bertz CT molecular complexity index is 537. The van der Waals surface area contributed by atoms with E-state index in [9.17, 15) is 4.79 Å². The average Bonchev–Trinajstić information content (AvgIpc) is 3.24. The van der Waals surface area contributed by atoms with Gasteiger partial charge in [-0.2, -0.15) is 0 Å². The van der Waals surface area contributed by atoms with Crippen LogP contribution in [0.15, 0.2) is 22.5 Å². The number of likely N-dealkylation sites (tertiary alicyclic amines) is 1. The molecule has 0 bridgehead atoms. The summed E-state index contributed by atoms with van der Waals surface area (Å²) < 4.78 is 5.55. The summed E-state index contributed by atoms with van der Waals surface area (Å²) in [6.07, 6.45) is 1.10. The molecule has 1 N–H and O–H groups in total. The first-order chi connectivity index (χ1) is 11.6. The molecule has 1 saturated heterocycles. The van der Waals surface area contributed by atoms with Gasteiger partial charge in [-0.05, 0) is 24.8 Å². The highest BCUT2D eigenvalue weighted by atomic mass is 127. The van der Waals surface area contributed by atoms with Gasteiger partial charge in [-0.25, -0.2) is 4.99 Å². The molecule has 0 aliphatic carbocycles. The minimum atomic E-state index is 0. The monoisotopic (exact) mass is 480 g/mol. The van der Waals surface area contributed by atoms with E-state index in [-0.39, 0.29) is 36.4 Å². The molecule has 1 atom stereocenters. The van der Waals surface area contributed by atoms with Gasteiger partial charge in [0.15, 0.2) is 5.96 Å². The van der Waals surface area contributed by atoms with E-state index in [4.69, 9.17) is 4.74 Å². The largest absolute Gasteiger partial charge is 0.381 e. The Morgan fingerprint density at radius 2 is 2.32 bits per heavy atom. The number of carbonyl (C=O) groups excluding carboxylic acids is 1. The Hall–Kier alpha value is -0.870. The second-order valence-electron chi connectivity index (χ2n) is 6.12. The van der Waals surface area contributed by atoms with Crippen molar-refractivity contribution in [1.29, 1.82) is 0 Å². The highest BCUT2D eigenvalue weighted by molar-refractivity contribution is 14.0. The third-order valence-electron chi connectivity index (χ3n) is 4.01. The standard InChI is InChI=1S/C17H28N4O2S.HI/c1-4-23-13-14-7-8-21(12-14)17(19-11-16(22)20(2)3)18-10-15-6-5-9-24-15;/h5-6,9,14H,4,7-8,10-13H2,1-3H3,(H,18,19);1H. The van der Waals surface area contributed by atoms with Crippen molar-refractivity contribution >= 4 is 47.2 Å². The third kappa shape index (κ3) is 7.49. The maximum absolute atomic E-state index is 11.9. The molecule has 142 valence electrons. The lowest BCUT2D eigenvalue weighted by Crippen LogP contribution is -2.40. The van der Waals surface area contributed by atoms with Crippen molar-refractivity contribution in [2.45, 2.75) is 19.9 Å². The number of hydrogen-bond acceptors (Lipinski definition) is 4. The van der Waals surface area contributed by atoms with Crippen LogP contribution in [-0.2, 0) is 16.1 Å². The fraction of sp³-hybridized carbons (Fsp3) is 0.647. The van der Waals surface area contributed by atoms with Gasteiger partial charge < -0.3 is 19.9 Å². The number of rotatable bonds is 7. The first-order valence-electron chi connectivity index (χ1n) is 8.43. The number of halogens is 1. The molecule has 1 unspecified atom stereocenters. The molecule has 1 aromatic heterocycles. The number of thiophene rings is 1. The topological polar surface area (TPSA) is 57.2 Å². The van der Waals surface area contributed by atoms with Crippen molar-refractivity contribution in [1.82, 2.24) is 15.1 Å². The van der Waals surface area contributed by atoms with Crippen LogP contribution in [0.25, 0.3) is 0 Å². The van der Waals surface area contributed by atoms with Crippen LogP contribution in [0.5, 0.6) is 0 Å². The zero-order chi connectivity index (χ0) is 17.4. The average molecular weight is 480 g/mol. The summed E-state index contributed by atoms with van der Waals surface area (Å²) in [4.78, 5) is 21.5. The molecule has 1 aliphatic rings. The number of ether oxygens (including phenoxy) is 1. The Kier molecular flexibility index (Phi) is 10.4. The smallest absolute Gasteiger partial charge is 0.243 e. The predicted octanol–water partition coefficient (Wildman–Crippen LogP) is 2.26. The number of nitrogens with one attached hydrogen (secondary N) is 1. The number of nitrogens with zero attached hydrogens (tertiary/aromatic N) is 3. The summed E-state index contributed by atoms with van der Waals surface area (Å²) in [7, 11) is 3.51. The first-order valence-corrected chi connectivity index (χ1v) is 9.31. The lowest BCUT2D eigenvalue weighted by molar-refractivity contribution is -0.127. The van der Waals surface area contributed by atoms with E-state index in [0.29, 0.717) is 5.92 Å². The molecule has 0 spiro atoms. The fourth-order valence-electron chi connectivity index (χ4n) is 2.58. The highest BCUT2D eigenvalue weighted by Gasteiger charge is 2.25. The van der Waals surface area contributed by atoms with E-state index in [1.54, 1.807) is 30.3 Å². The predicted molar refractivity (Wildman–Crippen MR) is 114 cm³/mol. The first kappa shape index (κ1) is 22.2. The summed E-state index contributed by atoms with van der Waals surface area (Å²) in [5.41, 5.74) is 0. The van der Waals surface area contributed by atoms with E-state index in [1.165, 1.54) is 4.88 Å². The zero-order valence-electron chi connectivity index (χ0n) is 15.2. The molecule has 1 aliphatic heterocycles. The van der Waals surface area contributed by atoms with E-state index in [2.05, 4.69) is 26.7 Å².